The van der Waals surface area contributed by atoms with Crippen molar-refractivity contribution in [1.82, 2.24) is 15.5 Å². The first kappa shape index (κ1) is 18.0. The van der Waals surface area contributed by atoms with Gasteiger partial charge in [-0.05, 0) is 38.8 Å². The van der Waals surface area contributed by atoms with Crippen LogP contribution in [-0.2, 0) is 16.1 Å². The van der Waals surface area contributed by atoms with Crippen molar-refractivity contribution >= 4 is 17.7 Å². The standard InChI is InChI=1S/C18H25N3O3/c1-5-11(2)19-16(22)12(3)20-17(23)13(4)21-10-14-8-6-7-9-15(14)18(21)24/h6-9,11-13H,5,10H2,1-4H3,(H,19,22)(H,20,23)/t11?,12?,13-/m1/s1. The van der Waals surface area contributed by atoms with Gasteiger partial charge in [-0.3, -0.25) is 14.4 Å². The quantitative estimate of drug-likeness (QED) is 0.828. The highest BCUT2D eigenvalue weighted by Gasteiger charge is 2.34. The maximum absolute atomic E-state index is 12.4. The van der Waals surface area contributed by atoms with Gasteiger partial charge in [0.15, 0.2) is 0 Å². The number of benzene rings is 1. The molecule has 0 radical (unpaired) electrons. The Morgan fingerprint density at radius 3 is 2.42 bits per heavy atom. The number of nitrogens with zero attached hydrogens (tertiary/aromatic N) is 1. The van der Waals surface area contributed by atoms with Crippen LogP contribution in [-0.4, -0.2) is 40.7 Å². The Bertz CT molecular complexity index is 644. The Morgan fingerprint density at radius 2 is 1.79 bits per heavy atom. The molecule has 0 spiro atoms. The van der Waals surface area contributed by atoms with Crippen LogP contribution in [0.15, 0.2) is 24.3 Å². The van der Waals surface area contributed by atoms with E-state index in [1.807, 2.05) is 32.0 Å². The molecule has 0 saturated heterocycles. The molecule has 1 aromatic rings. The van der Waals surface area contributed by atoms with Crippen molar-refractivity contribution in [1.29, 1.82) is 0 Å². The van der Waals surface area contributed by atoms with Crippen molar-refractivity contribution in [2.45, 2.75) is 58.8 Å². The number of carbonyl (C=O) groups excluding carboxylic acids is 3. The number of nitrogens with one attached hydrogen (secondary N) is 2. The van der Waals surface area contributed by atoms with E-state index in [1.165, 1.54) is 4.90 Å². The summed E-state index contributed by atoms with van der Waals surface area (Å²) in [4.78, 5) is 38.4. The maximum Gasteiger partial charge on any atom is 0.255 e. The second-order valence-electron chi connectivity index (χ2n) is 6.31. The summed E-state index contributed by atoms with van der Waals surface area (Å²) in [6.07, 6.45) is 0.823. The smallest absolute Gasteiger partial charge is 0.255 e. The first-order valence-corrected chi connectivity index (χ1v) is 8.34. The zero-order valence-electron chi connectivity index (χ0n) is 14.6. The van der Waals surface area contributed by atoms with Crippen molar-refractivity contribution < 1.29 is 14.4 Å². The average molecular weight is 331 g/mol. The molecule has 0 bridgehead atoms. The summed E-state index contributed by atoms with van der Waals surface area (Å²) in [7, 11) is 0. The zero-order chi connectivity index (χ0) is 17.9. The lowest BCUT2D eigenvalue weighted by Gasteiger charge is -2.25. The van der Waals surface area contributed by atoms with Crippen LogP contribution in [0.25, 0.3) is 0 Å². The number of rotatable bonds is 6. The van der Waals surface area contributed by atoms with Gasteiger partial charge in [-0.15, -0.1) is 0 Å². The third-order valence-electron chi connectivity index (χ3n) is 4.45. The van der Waals surface area contributed by atoms with E-state index in [9.17, 15) is 14.4 Å². The van der Waals surface area contributed by atoms with Gasteiger partial charge in [0.05, 0.1) is 0 Å². The van der Waals surface area contributed by atoms with E-state index in [0.29, 0.717) is 12.1 Å². The molecule has 24 heavy (non-hydrogen) atoms. The number of amides is 3. The lowest BCUT2D eigenvalue weighted by molar-refractivity contribution is -0.131. The lowest BCUT2D eigenvalue weighted by Crippen LogP contribution is -2.52. The summed E-state index contributed by atoms with van der Waals surface area (Å²) >= 11 is 0. The van der Waals surface area contributed by atoms with Crippen LogP contribution in [0.5, 0.6) is 0 Å². The van der Waals surface area contributed by atoms with Crippen LogP contribution in [0.4, 0.5) is 0 Å². The topological polar surface area (TPSA) is 78.5 Å². The number of hydrogen-bond acceptors (Lipinski definition) is 3. The van der Waals surface area contributed by atoms with Gasteiger partial charge < -0.3 is 15.5 Å². The predicted molar refractivity (Wildman–Crippen MR) is 91.3 cm³/mol. The van der Waals surface area contributed by atoms with Crippen molar-refractivity contribution in [3.05, 3.63) is 35.4 Å². The van der Waals surface area contributed by atoms with Crippen LogP contribution in [0.3, 0.4) is 0 Å². The van der Waals surface area contributed by atoms with Gasteiger partial charge in [-0.2, -0.15) is 0 Å². The molecule has 0 saturated carbocycles. The highest BCUT2D eigenvalue weighted by molar-refractivity contribution is 6.01. The fourth-order valence-electron chi connectivity index (χ4n) is 2.60. The Hall–Kier alpha value is -2.37. The summed E-state index contributed by atoms with van der Waals surface area (Å²) in [5.74, 6) is -0.700. The second-order valence-corrected chi connectivity index (χ2v) is 6.31. The molecule has 130 valence electrons. The molecule has 0 fully saturated rings. The molecule has 1 aliphatic rings. The Morgan fingerprint density at radius 1 is 1.12 bits per heavy atom. The van der Waals surface area contributed by atoms with Gasteiger partial charge in [0, 0.05) is 18.2 Å². The molecule has 6 heteroatoms. The monoisotopic (exact) mass is 331 g/mol. The minimum absolute atomic E-state index is 0.0592. The van der Waals surface area contributed by atoms with Gasteiger partial charge in [0.1, 0.15) is 12.1 Å². The Balaban J connectivity index is 1.96. The molecule has 3 amide bonds. The largest absolute Gasteiger partial charge is 0.352 e. The highest BCUT2D eigenvalue weighted by atomic mass is 16.2. The molecule has 2 rings (SSSR count). The van der Waals surface area contributed by atoms with Gasteiger partial charge in [-0.1, -0.05) is 25.1 Å². The van der Waals surface area contributed by atoms with E-state index < -0.39 is 12.1 Å². The third-order valence-corrected chi connectivity index (χ3v) is 4.45. The Kier molecular flexibility index (Phi) is 5.59. The molecular formula is C18H25N3O3. The molecule has 0 aliphatic carbocycles. The van der Waals surface area contributed by atoms with Crippen molar-refractivity contribution in [3.8, 4) is 0 Å². The lowest BCUT2D eigenvalue weighted by atomic mass is 10.1. The average Bonchev–Trinajstić information content (AvgIpc) is 2.91. The van der Waals surface area contributed by atoms with Gasteiger partial charge in [0.2, 0.25) is 11.8 Å². The first-order chi connectivity index (χ1) is 11.3. The minimum Gasteiger partial charge on any atom is -0.352 e. The van der Waals surface area contributed by atoms with Gasteiger partial charge in [-0.25, -0.2) is 0 Å². The molecule has 3 atom stereocenters. The highest BCUT2D eigenvalue weighted by Crippen LogP contribution is 2.24. The number of fused-ring (bicyclic) bond motifs is 1. The van der Waals surface area contributed by atoms with Gasteiger partial charge >= 0.3 is 0 Å². The molecule has 0 aromatic heterocycles. The molecule has 1 heterocycles. The van der Waals surface area contributed by atoms with E-state index in [0.717, 1.165) is 12.0 Å². The summed E-state index contributed by atoms with van der Waals surface area (Å²) in [6.45, 7) is 7.63. The van der Waals surface area contributed by atoms with Gasteiger partial charge in [0.25, 0.3) is 5.91 Å². The van der Waals surface area contributed by atoms with Crippen LogP contribution >= 0.6 is 0 Å². The van der Waals surface area contributed by atoms with Crippen molar-refractivity contribution in [2.24, 2.45) is 0 Å². The van der Waals surface area contributed by atoms with E-state index >= 15 is 0 Å². The number of hydrogen-bond donors (Lipinski definition) is 2. The number of carbonyl (C=O) groups is 3. The molecule has 6 nitrogen and oxygen atoms in total. The van der Waals surface area contributed by atoms with Crippen LogP contribution in [0, 0.1) is 0 Å². The van der Waals surface area contributed by atoms with E-state index in [2.05, 4.69) is 10.6 Å². The fraction of sp³-hybridized carbons (Fsp3) is 0.500. The fourth-order valence-corrected chi connectivity index (χ4v) is 2.60. The van der Waals surface area contributed by atoms with E-state index in [-0.39, 0.29) is 23.8 Å². The second kappa shape index (κ2) is 7.47. The molecule has 1 aromatic carbocycles. The normalized spacial score (nSPS) is 17.0. The molecule has 1 aliphatic heterocycles. The summed E-state index contributed by atoms with van der Waals surface area (Å²) in [5.41, 5.74) is 1.56. The Labute approximate surface area is 142 Å². The molecule has 2 N–H and O–H groups in total. The summed E-state index contributed by atoms with van der Waals surface area (Å²) in [6, 6.07) is 6.13. The molecule has 2 unspecified atom stereocenters. The van der Waals surface area contributed by atoms with Crippen LogP contribution < -0.4 is 10.6 Å². The van der Waals surface area contributed by atoms with E-state index in [1.54, 1.807) is 19.9 Å². The van der Waals surface area contributed by atoms with Crippen LogP contribution in [0.1, 0.15) is 50.0 Å². The van der Waals surface area contributed by atoms with E-state index in [4.69, 9.17) is 0 Å². The van der Waals surface area contributed by atoms with Crippen LogP contribution in [0.2, 0.25) is 0 Å². The predicted octanol–water partition coefficient (Wildman–Crippen LogP) is 1.45. The summed E-state index contributed by atoms with van der Waals surface area (Å²) in [5, 5.41) is 5.52. The zero-order valence-corrected chi connectivity index (χ0v) is 14.6. The van der Waals surface area contributed by atoms with Crippen molar-refractivity contribution in [2.75, 3.05) is 0 Å². The molecular weight excluding hydrogens is 306 g/mol. The first-order valence-electron chi connectivity index (χ1n) is 8.34. The van der Waals surface area contributed by atoms with Crippen molar-refractivity contribution in [3.63, 3.8) is 0 Å². The third kappa shape index (κ3) is 3.75. The summed E-state index contributed by atoms with van der Waals surface area (Å²) < 4.78 is 0. The SMILES string of the molecule is CCC(C)NC(=O)C(C)NC(=O)[C@@H](C)N1Cc2ccccc2C1=O. The maximum atomic E-state index is 12.4. The minimum atomic E-state index is -0.644.